The van der Waals surface area contributed by atoms with Crippen molar-refractivity contribution in [3.05, 3.63) is 50.1 Å². The predicted molar refractivity (Wildman–Crippen MR) is 78.9 cm³/mol. The van der Waals surface area contributed by atoms with E-state index in [1.807, 2.05) is 24.4 Å². The molecule has 1 unspecified atom stereocenters. The van der Waals surface area contributed by atoms with Gasteiger partial charge in [-0.25, -0.2) is 5.43 Å². The maximum Gasteiger partial charge on any atom is 0.122 e. The first-order valence-electron chi connectivity index (χ1n) is 5.49. The summed E-state index contributed by atoms with van der Waals surface area (Å²) in [5, 5.41) is 4.13. The summed E-state index contributed by atoms with van der Waals surface area (Å²) in [7, 11) is 1.68. The Balaban J connectivity index is 2.42. The molecule has 96 valence electrons. The van der Waals surface area contributed by atoms with E-state index in [-0.39, 0.29) is 6.04 Å². The van der Waals surface area contributed by atoms with Crippen LogP contribution in [0.1, 0.15) is 22.7 Å². The van der Waals surface area contributed by atoms with Gasteiger partial charge >= 0.3 is 0 Å². The molecule has 18 heavy (non-hydrogen) atoms. The van der Waals surface area contributed by atoms with Gasteiger partial charge in [0, 0.05) is 9.85 Å². The highest BCUT2D eigenvalue weighted by Crippen LogP contribution is 2.33. The minimum absolute atomic E-state index is 0.0416. The molecule has 2 rings (SSSR count). The normalized spacial score (nSPS) is 12.4. The third-order valence-electron chi connectivity index (χ3n) is 2.89. The van der Waals surface area contributed by atoms with Crippen molar-refractivity contribution in [1.29, 1.82) is 0 Å². The van der Waals surface area contributed by atoms with Crippen molar-refractivity contribution in [3.63, 3.8) is 0 Å². The fourth-order valence-electron chi connectivity index (χ4n) is 1.88. The van der Waals surface area contributed by atoms with Gasteiger partial charge in [-0.1, -0.05) is 12.1 Å². The minimum Gasteiger partial charge on any atom is -0.496 e. The van der Waals surface area contributed by atoms with Crippen molar-refractivity contribution in [1.82, 2.24) is 5.43 Å². The number of thiophene rings is 1. The van der Waals surface area contributed by atoms with Gasteiger partial charge in [0.2, 0.25) is 0 Å². The van der Waals surface area contributed by atoms with Gasteiger partial charge in [0.15, 0.2) is 0 Å². The molecule has 3 nitrogen and oxygen atoms in total. The number of hydrogen-bond donors (Lipinski definition) is 2. The minimum atomic E-state index is -0.0416. The van der Waals surface area contributed by atoms with E-state index in [4.69, 9.17) is 10.6 Å². The van der Waals surface area contributed by atoms with E-state index in [1.165, 1.54) is 0 Å². The van der Waals surface area contributed by atoms with Crippen molar-refractivity contribution in [2.75, 3.05) is 7.11 Å². The molecule has 5 heteroatoms. The van der Waals surface area contributed by atoms with Crippen LogP contribution < -0.4 is 16.0 Å². The molecule has 1 aromatic carbocycles. The number of ether oxygens (including phenoxy) is 1. The Morgan fingerprint density at radius 3 is 2.72 bits per heavy atom. The second kappa shape index (κ2) is 5.84. The molecular weight excluding hydrogens is 312 g/mol. The zero-order valence-corrected chi connectivity index (χ0v) is 12.6. The zero-order chi connectivity index (χ0) is 13.1. The quantitative estimate of drug-likeness (QED) is 0.668. The van der Waals surface area contributed by atoms with Gasteiger partial charge in [-0.2, -0.15) is 11.3 Å². The number of hydrogen-bond acceptors (Lipinski definition) is 4. The lowest BCUT2D eigenvalue weighted by molar-refractivity contribution is 0.410. The number of rotatable bonds is 4. The molecule has 0 radical (unpaired) electrons. The number of halogens is 1. The smallest absolute Gasteiger partial charge is 0.122 e. The lowest BCUT2D eigenvalue weighted by atomic mass is 10.0. The van der Waals surface area contributed by atoms with Gasteiger partial charge in [-0.15, -0.1) is 0 Å². The van der Waals surface area contributed by atoms with Crippen LogP contribution in [0, 0.1) is 6.92 Å². The summed E-state index contributed by atoms with van der Waals surface area (Å²) in [6, 6.07) is 6.08. The first kappa shape index (κ1) is 13.5. The molecule has 1 aromatic heterocycles. The summed E-state index contributed by atoms with van der Waals surface area (Å²) in [4.78, 5) is 0. The highest BCUT2D eigenvalue weighted by molar-refractivity contribution is 9.10. The molecule has 0 aliphatic carbocycles. The lowest BCUT2D eigenvalue weighted by Gasteiger charge is -2.17. The van der Waals surface area contributed by atoms with Gasteiger partial charge < -0.3 is 4.74 Å². The van der Waals surface area contributed by atoms with Crippen molar-refractivity contribution in [2.45, 2.75) is 13.0 Å². The summed E-state index contributed by atoms with van der Waals surface area (Å²) >= 11 is 5.18. The van der Waals surface area contributed by atoms with Gasteiger partial charge in [0.25, 0.3) is 0 Å². The van der Waals surface area contributed by atoms with Crippen LogP contribution in [0.4, 0.5) is 0 Å². The molecule has 0 aliphatic heterocycles. The fourth-order valence-corrected chi connectivity index (χ4v) is 3.43. The molecule has 1 heterocycles. The average Bonchev–Trinajstić information content (AvgIpc) is 2.79. The number of nitrogens with two attached hydrogens (primary N) is 1. The molecule has 2 aromatic rings. The Labute approximate surface area is 119 Å². The number of aryl methyl sites for hydroxylation is 1. The first-order valence-corrected chi connectivity index (χ1v) is 7.23. The Morgan fingerprint density at radius 1 is 1.39 bits per heavy atom. The van der Waals surface area contributed by atoms with Crippen LogP contribution in [0.5, 0.6) is 5.75 Å². The van der Waals surface area contributed by atoms with Gasteiger partial charge in [-0.3, -0.25) is 5.84 Å². The molecule has 0 saturated heterocycles. The van der Waals surface area contributed by atoms with Crippen LogP contribution in [0.3, 0.4) is 0 Å². The Morgan fingerprint density at radius 2 is 2.17 bits per heavy atom. The molecule has 1 atom stereocenters. The molecule has 0 aliphatic rings. The number of benzene rings is 1. The second-order valence-electron chi connectivity index (χ2n) is 4.00. The number of hydrazine groups is 1. The topological polar surface area (TPSA) is 47.3 Å². The van der Waals surface area contributed by atoms with Crippen LogP contribution >= 0.6 is 27.3 Å². The van der Waals surface area contributed by atoms with Crippen molar-refractivity contribution in [3.8, 4) is 5.75 Å². The standard InChI is InChI=1S/C13H15BrN2OS/c1-8-3-4-9(5-12(8)17-2)13(16-15)10-6-18-7-11(10)14/h3-7,13,16H,15H2,1-2H3. The highest BCUT2D eigenvalue weighted by atomic mass is 79.9. The van der Waals surface area contributed by atoms with Crippen molar-refractivity contribution < 1.29 is 4.74 Å². The summed E-state index contributed by atoms with van der Waals surface area (Å²) in [5.41, 5.74) is 6.18. The maximum absolute atomic E-state index is 5.69. The molecule has 0 saturated carbocycles. The van der Waals surface area contributed by atoms with Crippen LogP contribution in [0.2, 0.25) is 0 Å². The summed E-state index contributed by atoms with van der Waals surface area (Å²) in [6.07, 6.45) is 0. The van der Waals surface area contributed by atoms with Crippen LogP contribution in [-0.4, -0.2) is 7.11 Å². The van der Waals surface area contributed by atoms with Crippen molar-refractivity contribution in [2.24, 2.45) is 5.84 Å². The van der Waals surface area contributed by atoms with Crippen LogP contribution in [0.25, 0.3) is 0 Å². The predicted octanol–water partition coefficient (Wildman–Crippen LogP) is 3.38. The number of nitrogens with one attached hydrogen (secondary N) is 1. The molecule has 3 N–H and O–H groups in total. The van der Waals surface area contributed by atoms with E-state index in [2.05, 4.69) is 32.8 Å². The van der Waals surface area contributed by atoms with Crippen LogP contribution in [-0.2, 0) is 0 Å². The molecule has 0 spiro atoms. The van der Waals surface area contributed by atoms with E-state index < -0.39 is 0 Å². The molecule has 0 amide bonds. The molecular formula is C13H15BrN2OS. The average molecular weight is 327 g/mol. The Kier molecular flexibility index (Phi) is 4.40. The van der Waals surface area contributed by atoms with E-state index >= 15 is 0 Å². The zero-order valence-electron chi connectivity index (χ0n) is 10.2. The summed E-state index contributed by atoms with van der Waals surface area (Å²) in [5.74, 6) is 6.56. The largest absolute Gasteiger partial charge is 0.496 e. The number of methoxy groups -OCH3 is 1. The maximum atomic E-state index is 5.69. The van der Waals surface area contributed by atoms with E-state index in [0.717, 1.165) is 26.9 Å². The van der Waals surface area contributed by atoms with E-state index in [9.17, 15) is 0 Å². The van der Waals surface area contributed by atoms with Gasteiger partial charge in [0.1, 0.15) is 5.75 Å². The van der Waals surface area contributed by atoms with Gasteiger partial charge in [0.05, 0.1) is 13.2 Å². The van der Waals surface area contributed by atoms with Crippen molar-refractivity contribution >= 4 is 27.3 Å². The van der Waals surface area contributed by atoms with Crippen LogP contribution in [0.15, 0.2) is 33.4 Å². The molecule has 0 fully saturated rings. The summed E-state index contributed by atoms with van der Waals surface area (Å²) < 4.78 is 6.41. The molecule has 0 bridgehead atoms. The Hall–Kier alpha value is -0.880. The first-order chi connectivity index (χ1) is 8.67. The monoisotopic (exact) mass is 326 g/mol. The van der Waals surface area contributed by atoms with E-state index in [1.54, 1.807) is 18.4 Å². The highest BCUT2D eigenvalue weighted by Gasteiger charge is 2.17. The SMILES string of the molecule is COc1cc(C(NN)c2cscc2Br)ccc1C. The van der Waals surface area contributed by atoms with Gasteiger partial charge in [-0.05, 0) is 51.0 Å². The second-order valence-corrected chi connectivity index (χ2v) is 5.60. The van der Waals surface area contributed by atoms with E-state index in [0.29, 0.717) is 0 Å². The third kappa shape index (κ3) is 2.59. The third-order valence-corrected chi connectivity index (χ3v) is 4.64. The lowest BCUT2D eigenvalue weighted by Crippen LogP contribution is -2.28. The summed E-state index contributed by atoms with van der Waals surface area (Å²) in [6.45, 7) is 2.02. The fraction of sp³-hybridized carbons (Fsp3) is 0.231. The Bertz CT molecular complexity index is 542.